The maximum Gasteiger partial charge on any atom is 0.275 e. The van der Waals surface area contributed by atoms with E-state index in [0.29, 0.717) is 40.3 Å². The number of hydrogen-bond donors (Lipinski definition) is 3. The number of amides is 1. The molecular weight excluding hydrogens is 490 g/mol. The smallest absolute Gasteiger partial charge is 0.275 e. The zero-order chi connectivity index (χ0) is 20.1. The standard InChI is InChI=1S/C18H14IN6O2P/c1-10-6-11(7-20)8-22-16(10)18(26)24-14-3-2-13(25-28-19)17(23-14)15(21)12-4-5-27-9-12/h2-6,8-9,21,25,28H,1H3,(H,23,24,26). The second kappa shape index (κ2) is 8.91. The van der Waals surface area contributed by atoms with Crippen LogP contribution in [-0.2, 0) is 0 Å². The molecule has 3 heterocycles. The highest BCUT2D eigenvalue weighted by molar-refractivity contribution is 14.2. The number of carbonyl (C=O) groups is 1. The molecule has 1 unspecified atom stereocenters. The minimum Gasteiger partial charge on any atom is -0.472 e. The summed E-state index contributed by atoms with van der Waals surface area (Å²) in [6.07, 6.45) is 4.70. The van der Waals surface area contributed by atoms with Crippen molar-refractivity contribution in [3.05, 3.63) is 71.1 Å². The van der Waals surface area contributed by atoms with E-state index in [4.69, 9.17) is 15.1 Å². The Hall–Kier alpha value is -2.83. The number of aryl methyl sites for hydroxylation is 1. The lowest BCUT2D eigenvalue weighted by Crippen LogP contribution is -2.17. The van der Waals surface area contributed by atoms with Gasteiger partial charge in [-0.1, -0.05) is 0 Å². The van der Waals surface area contributed by atoms with E-state index >= 15 is 0 Å². The Morgan fingerprint density at radius 2 is 2.18 bits per heavy atom. The summed E-state index contributed by atoms with van der Waals surface area (Å²) in [4.78, 5) is 21.1. The molecule has 140 valence electrons. The van der Waals surface area contributed by atoms with Crippen LogP contribution in [0.25, 0.3) is 0 Å². The SMILES string of the molecule is Cc1cc(C#N)cnc1C(=O)Nc1ccc(NPI)c(C(=N)c2ccoc2)n1. The van der Waals surface area contributed by atoms with Crippen LogP contribution in [-0.4, -0.2) is 21.6 Å². The number of anilines is 2. The van der Waals surface area contributed by atoms with Gasteiger partial charge in [0.1, 0.15) is 23.3 Å². The fourth-order valence-electron chi connectivity index (χ4n) is 2.46. The third-order valence-electron chi connectivity index (χ3n) is 3.79. The van der Waals surface area contributed by atoms with Gasteiger partial charge in [-0.25, -0.2) is 9.97 Å². The molecule has 8 nitrogen and oxygen atoms in total. The maximum absolute atomic E-state index is 12.6. The van der Waals surface area contributed by atoms with E-state index in [1.807, 2.05) is 6.07 Å². The van der Waals surface area contributed by atoms with Gasteiger partial charge in [0.15, 0.2) is 0 Å². The van der Waals surface area contributed by atoms with Crippen molar-refractivity contribution in [1.82, 2.24) is 9.97 Å². The molecule has 1 atom stereocenters. The number of hydrogen-bond acceptors (Lipinski definition) is 7. The van der Waals surface area contributed by atoms with Gasteiger partial charge in [-0.15, -0.1) is 0 Å². The molecule has 0 radical (unpaired) electrons. The summed E-state index contributed by atoms with van der Waals surface area (Å²) in [7, 11) is 0. The number of furan rings is 1. The van der Waals surface area contributed by atoms with E-state index in [1.165, 1.54) is 18.7 Å². The molecule has 0 aromatic carbocycles. The lowest BCUT2D eigenvalue weighted by Gasteiger charge is -2.12. The van der Waals surface area contributed by atoms with Crippen LogP contribution in [0.2, 0.25) is 0 Å². The van der Waals surface area contributed by atoms with Gasteiger partial charge >= 0.3 is 0 Å². The number of aromatic nitrogens is 2. The first kappa shape index (κ1) is 19.9. The summed E-state index contributed by atoms with van der Waals surface area (Å²) >= 11 is 2.19. The Bertz CT molecular complexity index is 1080. The normalized spacial score (nSPS) is 10.6. The van der Waals surface area contributed by atoms with E-state index in [-0.39, 0.29) is 11.4 Å². The van der Waals surface area contributed by atoms with E-state index in [0.717, 1.165) is 0 Å². The van der Waals surface area contributed by atoms with E-state index in [1.54, 1.807) is 31.2 Å². The summed E-state index contributed by atoms with van der Waals surface area (Å²) in [6.45, 7) is 1.71. The molecule has 1 amide bonds. The minimum atomic E-state index is -0.438. The van der Waals surface area contributed by atoms with Crippen molar-refractivity contribution in [3.8, 4) is 6.07 Å². The third kappa shape index (κ3) is 4.35. The zero-order valence-corrected chi connectivity index (χ0v) is 17.7. The maximum atomic E-state index is 12.6. The molecule has 3 rings (SSSR count). The number of rotatable bonds is 6. The predicted octanol–water partition coefficient (Wildman–Crippen LogP) is 4.27. The molecule has 0 spiro atoms. The molecule has 0 saturated carbocycles. The van der Waals surface area contributed by atoms with E-state index in [2.05, 4.69) is 42.4 Å². The number of carbonyl (C=O) groups excluding carboxylic acids is 1. The summed E-state index contributed by atoms with van der Waals surface area (Å²) in [5.41, 5.74) is 3.03. The number of halogens is 1. The van der Waals surface area contributed by atoms with Gasteiger partial charge in [0, 0.05) is 18.1 Å². The molecule has 0 fully saturated rings. The predicted molar refractivity (Wildman–Crippen MR) is 116 cm³/mol. The quantitative estimate of drug-likeness (QED) is 0.261. The van der Waals surface area contributed by atoms with Crippen molar-refractivity contribution >= 4 is 51.5 Å². The van der Waals surface area contributed by atoms with Crippen LogP contribution >= 0.6 is 28.4 Å². The van der Waals surface area contributed by atoms with Crippen LogP contribution in [0.1, 0.15) is 32.9 Å². The molecule has 3 aromatic rings. The van der Waals surface area contributed by atoms with Gasteiger partial charge in [-0.2, -0.15) is 5.26 Å². The van der Waals surface area contributed by atoms with Crippen LogP contribution < -0.4 is 10.4 Å². The van der Waals surface area contributed by atoms with Crippen molar-refractivity contribution in [2.45, 2.75) is 6.92 Å². The van der Waals surface area contributed by atoms with Gasteiger partial charge in [0.05, 0.1) is 29.5 Å². The third-order valence-corrected chi connectivity index (χ3v) is 4.96. The van der Waals surface area contributed by atoms with Crippen molar-refractivity contribution in [1.29, 1.82) is 10.7 Å². The zero-order valence-electron chi connectivity index (χ0n) is 14.6. The lowest BCUT2D eigenvalue weighted by atomic mass is 10.1. The molecule has 10 heteroatoms. The average Bonchev–Trinajstić information content (AvgIpc) is 3.23. The van der Waals surface area contributed by atoms with Crippen LogP contribution in [0, 0.1) is 23.7 Å². The van der Waals surface area contributed by atoms with Crippen molar-refractivity contribution in [2.24, 2.45) is 0 Å². The van der Waals surface area contributed by atoms with Crippen LogP contribution in [0.15, 0.2) is 47.4 Å². The molecule has 0 bridgehead atoms. The van der Waals surface area contributed by atoms with Gasteiger partial charge in [-0.3, -0.25) is 10.2 Å². The monoisotopic (exact) mass is 504 g/mol. The number of pyridine rings is 2. The molecule has 0 aliphatic rings. The Labute approximate surface area is 175 Å². The topological polar surface area (TPSA) is 128 Å². The highest BCUT2D eigenvalue weighted by Crippen LogP contribution is 2.28. The summed E-state index contributed by atoms with van der Waals surface area (Å²) in [5, 5.41) is 23.2. The number of nitrogens with one attached hydrogen (secondary N) is 3. The van der Waals surface area contributed by atoms with Crippen molar-refractivity contribution in [3.63, 3.8) is 0 Å². The van der Waals surface area contributed by atoms with Crippen LogP contribution in [0.4, 0.5) is 11.5 Å². The number of nitriles is 1. The number of nitrogens with zero attached hydrogens (tertiary/aromatic N) is 3. The van der Waals surface area contributed by atoms with Crippen molar-refractivity contribution < 1.29 is 9.21 Å². The molecule has 3 aromatic heterocycles. The molecule has 0 aliphatic heterocycles. The average molecular weight is 504 g/mol. The fraction of sp³-hybridized carbons (Fsp3) is 0.0556. The van der Waals surface area contributed by atoms with Gasteiger partial charge in [-0.05, 0) is 58.8 Å². The highest BCUT2D eigenvalue weighted by Gasteiger charge is 2.17. The second-order valence-electron chi connectivity index (χ2n) is 5.65. The van der Waals surface area contributed by atoms with Crippen molar-refractivity contribution in [2.75, 3.05) is 10.4 Å². The molecule has 0 aliphatic carbocycles. The summed E-state index contributed by atoms with van der Waals surface area (Å²) in [6, 6.07) is 8.68. The minimum absolute atomic E-state index is 0.176. The first-order valence-corrected chi connectivity index (χ1v) is 12.1. The van der Waals surface area contributed by atoms with Crippen LogP contribution in [0.3, 0.4) is 0 Å². The molecule has 3 N–H and O–H groups in total. The summed E-state index contributed by atoms with van der Waals surface area (Å²) in [5.74, 6) is -0.145. The Kier molecular flexibility index (Phi) is 6.34. The van der Waals surface area contributed by atoms with E-state index in [9.17, 15) is 4.79 Å². The fourth-order valence-corrected chi connectivity index (χ4v) is 3.64. The van der Waals surface area contributed by atoms with Gasteiger partial charge in [0.2, 0.25) is 0 Å². The van der Waals surface area contributed by atoms with Gasteiger partial charge in [0.25, 0.3) is 5.91 Å². The Morgan fingerprint density at radius 1 is 1.36 bits per heavy atom. The van der Waals surface area contributed by atoms with E-state index < -0.39 is 5.91 Å². The largest absolute Gasteiger partial charge is 0.472 e. The molecule has 0 saturated heterocycles. The first-order valence-electron chi connectivity index (χ1n) is 7.95. The lowest BCUT2D eigenvalue weighted by molar-refractivity contribution is 0.102. The Balaban J connectivity index is 1.90. The molecular formula is C18H14IN6O2P. The van der Waals surface area contributed by atoms with Crippen LogP contribution in [0.5, 0.6) is 0 Å². The summed E-state index contributed by atoms with van der Waals surface area (Å²) < 4.78 is 5.05. The van der Waals surface area contributed by atoms with Gasteiger partial charge < -0.3 is 14.8 Å². The first-order chi connectivity index (χ1) is 13.5. The molecule has 28 heavy (non-hydrogen) atoms. The second-order valence-corrected chi connectivity index (χ2v) is 7.71. The Morgan fingerprint density at radius 3 is 2.82 bits per heavy atom. The highest BCUT2D eigenvalue weighted by atomic mass is 127.